The zero-order valence-corrected chi connectivity index (χ0v) is 55.8. The minimum Gasteiger partial charge on any atom is -0.462 e. The second kappa shape index (κ2) is 58.7. The van der Waals surface area contributed by atoms with Gasteiger partial charge in [-0.25, -0.2) is 9.13 Å². The molecule has 0 aliphatic carbocycles. The van der Waals surface area contributed by atoms with E-state index in [0.29, 0.717) is 25.7 Å². The number of hydrogen-bond donors (Lipinski definition) is 3. The van der Waals surface area contributed by atoms with E-state index >= 15 is 0 Å². The average molecular weight is 1240 g/mol. The van der Waals surface area contributed by atoms with Crippen molar-refractivity contribution in [3.63, 3.8) is 0 Å². The van der Waals surface area contributed by atoms with Crippen LogP contribution in [0.2, 0.25) is 0 Å². The highest BCUT2D eigenvalue weighted by Gasteiger charge is 2.30. The molecule has 0 radical (unpaired) electrons. The number of esters is 4. The Morgan fingerprint density at radius 3 is 0.845 bits per heavy atom. The number of ether oxygens (including phenoxy) is 4. The second-order valence-corrected chi connectivity index (χ2v) is 26.7. The van der Waals surface area contributed by atoms with Gasteiger partial charge in [-0.2, -0.15) is 0 Å². The van der Waals surface area contributed by atoms with Crippen molar-refractivity contribution in [1.82, 2.24) is 0 Å². The van der Waals surface area contributed by atoms with Crippen molar-refractivity contribution in [1.29, 1.82) is 0 Å². The normalized spacial score (nSPS) is 14.5. The molecule has 19 heteroatoms. The van der Waals surface area contributed by atoms with E-state index in [-0.39, 0.29) is 25.7 Å². The molecule has 0 saturated heterocycles. The Balaban J connectivity index is 5.17. The van der Waals surface area contributed by atoms with Gasteiger partial charge in [-0.3, -0.25) is 37.3 Å². The van der Waals surface area contributed by atoms with E-state index < -0.39 is 97.5 Å². The number of carbonyl (C=O) groups is 4. The summed E-state index contributed by atoms with van der Waals surface area (Å²) in [4.78, 5) is 72.0. The summed E-state index contributed by atoms with van der Waals surface area (Å²) >= 11 is 0. The smallest absolute Gasteiger partial charge is 0.462 e. The first kappa shape index (κ1) is 82.1. The summed E-state index contributed by atoms with van der Waals surface area (Å²) in [5.41, 5.74) is 0. The highest BCUT2D eigenvalue weighted by atomic mass is 31.2. The Labute approximate surface area is 511 Å². The Bertz CT molecular complexity index is 1640. The fraction of sp³-hybridized carbons (Fsp3) is 0.938. The SMILES string of the molecule is CCCCCCCCCCCCCCCCCCC(=O)O[C@H](COC(=O)CCCCCCCCCCC(C)CC)COP(=O)(O)OC[C@@H](O)COP(=O)(O)OC[C@@H](COC(=O)CCCCCCC)OC(=O)CCCCCCCCCCCCC. The highest BCUT2D eigenvalue weighted by molar-refractivity contribution is 7.47. The zero-order chi connectivity index (χ0) is 62.0. The molecule has 0 spiro atoms. The molecule has 3 unspecified atom stereocenters. The van der Waals surface area contributed by atoms with Crippen LogP contribution >= 0.6 is 15.6 Å². The molecule has 0 aromatic rings. The fourth-order valence-corrected chi connectivity index (χ4v) is 11.3. The first-order chi connectivity index (χ1) is 40.6. The summed E-state index contributed by atoms with van der Waals surface area (Å²) in [6.07, 6.45) is 43.3. The molecule has 0 heterocycles. The summed E-state index contributed by atoms with van der Waals surface area (Å²) in [6, 6.07) is 0. The second-order valence-electron chi connectivity index (χ2n) is 23.7. The van der Waals surface area contributed by atoms with Crippen LogP contribution < -0.4 is 0 Å². The lowest BCUT2D eigenvalue weighted by atomic mass is 9.99. The largest absolute Gasteiger partial charge is 0.472 e. The molecule has 0 aromatic carbocycles. The van der Waals surface area contributed by atoms with E-state index in [2.05, 4.69) is 34.6 Å². The number of aliphatic hydroxyl groups is 1. The monoisotopic (exact) mass is 1240 g/mol. The molecule has 84 heavy (non-hydrogen) atoms. The van der Waals surface area contributed by atoms with Gasteiger partial charge >= 0.3 is 39.5 Å². The van der Waals surface area contributed by atoms with Crippen LogP contribution in [0.3, 0.4) is 0 Å². The van der Waals surface area contributed by atoms with Gasteiger partial charge in [-0.15, -0.1) is 0 Å². The number of hydrogen-bond acceptors (Lipinski definition) is 15. The van der Waals surface area contributed by atoms with Crippen LogP contribution in [-0.4, -0.2) is 96.7 Å². The molecule has 0 bridgehead atoms. The van der Waals surface area contributed by atoms with Gasteiger partial charge in [0.05, 0.1) is 26.4 Å². The predicted octanol–water partition coefficient (Wildman–Crippen LogP) is 18.2. The topological polar surface area (TPSA) is 237 Å². The average Bonchev–Trinajstić information content (AvgIpc) is 3.51. The summed E-state index contributed by atoms with van der Waals surface area (Å²) < 4.78 is 67.9. The van der Waals surface area contributed by atoms with Crippen LogP contribution in [0.25, 0.3) is 0 Å². The van der Waals surface area contributed by atoms with Crippen molar-refractivity contribution < 1.29 is 80.2 Å². The highest BCUT2D eigenvalue weighted by Crippen LogP contribution is 2.45. The molecule has 0 aliphatic heterocycles. The zero-order valence-electron chi connectivity index (χ0n) is 54.0. The van der Waals surface area contributed by atoms with Gasteiger partial charge in [0.25, 0.3) is 0 Å². The molecular formula is C65H126O17P2. The lowest BCUT2D eigenvalue weighted by molar-refractivity contribution is -0.161. The predicted molar refractivity (Wildman–Crippen MR) is 335 cm³/mol. The van der Waals surface area contributed by atoms with Gasteiger partial charge in [-0.05, 0) is 31.6 Å². The number of phosphoric ester groups is 2. The molecule has 0 aliphatic rings. The first-order valence-corrected chi connectivity index (χ1v) is 37.2. The lowest BCUT2D eigenvalue weighted by Gasteiger charge is -2.21. The molecule has 0 rings (SSSR count). The Morgan fingerprint density at radius 2 is 0.571 bits per heavy atom. The number of unbranched alkanes of at least 4 members (excludes halogenated alkanes) is 36. The number of carbonyl (C=O) groups excluding carboxylic acids is 4. The van der Waals surface area contributed by atoms with Gasteiger partial charge < -0.3 is 33.8 Å². The molecule has 498 valence electrons. The number of phosphoric acid groups is 2. The summed E-state index contributed by atoms with van der Waals surface area (Å²) in [7, 11) is -9.88. The summed E-state index contributed by atoms with van der Waals surface area (Å²) in [5, 5.41) is 10.5. The molecule has 6 atom stereocenters. The van der Waals surface area contributed by atoms with Crippen LogP contribution in [0.4, 0.5) is 0 Å². The van der Waals surface area contributed by atoms with Crippen molar-refractivity contribution in [3.8, 4) is 0 Å². The first-order valence-electron chi connectivity index (χ1n) is 34.2. The number of aliphatic hydroxyl groups excluding tert-OH is 1. The van der Waals surface area contributed by atoms with E-state index in [1.165, 1.54) is 148 Å². The van der Waals surface area contributed by atoms with Crippen LogP contribution in [0.5, 0.6) is 0 Å². The third kappa shape index (κ3) is 57.8. The van der Waals surface area contributed by atoms with Crippen molar-refractivity contribution in [3.05, 3.63) is 0 Å². The minimum atomic E-state index is -4.94. The lowest BCUT2D eigenvalue weighted by Crippen LogP contribution is -2.30. The Hall–Kier alpha value is -1.94. The summed E-state index contributed by atoms with van der Waals surface area (Å²) in [5.74, 6) is -1.36. The molecule has 0 saturated carbocycles. The van der Waals surface area contributed by atoms with Gasteiger partial charge in [-0.1, -0.05) is 279 Å². The summed E-state index contributed by atoms with van der Waals surface area (Å²) in [6.45, 7) is 7.12. The third-order valence-electron chi connectivity index (χ3n) is 15.4. The molecule has 3 N–H and O–H groups in total. The maximum atomic E-state index is 13.0. The van der Waals surface area contributed by atoms with E-state index in [4.69, 9.17) is 37.0 Å². The van der Waals surface area contributed by atoms with Gasteiger partial charge in [0.15, 0.2) is 12.2 Å². The van der Waals surface area contributed by atoms with Gasteiger partial charge in [0, 0.05) is 25.7 Å². The van der Waals surface area contributed by atoms with Crippen molar-refractivity contribution in [2.75, 3.05) is 39.6 Å². The maximum Gasteiger partial charge on any atom is 0.472 e. The Morgan fingerprint density at radius 1 is 0.333 bits per heavy atom. The number of rotatable bonds is 65. The molecular weight excluding hydrogens is 1110 g/mol. The van der Waals surface area contributed by atoms with Crippen LogP contribution in [0.15, 0.2) is 0 Å². The minimum absolute atomic E-state index is 0.106. The van der Waals surface area contributed by atoms with Crippen LogP contribution in [-0.2, 0) is 65.4 Å². The van der Waals surface area contributed by atoms with Crippen molar-refractivity contribution in [2.45, 2.75) is 348 Å². The molecule has 0 amide bonds. The van der Waals surface area contributed by atoms with E-state index in [9.17, 15) is 43.2 Å². The Kier molecular flexibility index (Phi) is 57.4. The van der Waals surface area contributed by atoms with E-state index in [1.54, 1.807) is 0 Å². The molecule has 0 fully saturated rings. The van der Waals surface area contributed by atoms with Crippen LogP contribution in [0.1, 0.15) is 330 Å². The quantitative estimate of drug-likeness (QED) is 0.0222. The van der Waals surface area contributed by atoms with Gasteiger partial charge in [0.1, 0.15) is 19.3 Å². The van der Waals surface area contributed by atoms with Crippen LogP contribution in [0, 0.1) is 5.92 Å². The standard InChI is InChI=1S/C65H126O17P2/c1-6-10-13-16-18-20-22-23-24-25-26-28-30-36-41-46-51-65(70)82-61(55-76-63(68)49-44-39-34-32-31-33-38-42-47-58(5)9-4)57-80-84(73,74)78-53-59(66)52-77-83(71,72)79-56-60(54-75-62(67)48-43-37-15-12-8-3)81-64(69)50-45-40-35-29-27-21-19-17-14-11-7-2/h58-61,66H,6-57H2,1-5H3,(H,71,72)(H,73,74)/t58?,59-,60+,61+/m0/s1. The molecule has 17 nitrogen and oxygen atoms in total. The maximum absolute atomic E-state index is 13.0. The van der Waals surface area contributed by atoms with E-state index in [1.807, 2.05) is 0 Å². The third-order valence-corrected chi connectivity index (χ3v) is 17.3. The van der Waals surface area contributed by atoms with E-state index in [0.717, 1.165) is 102 Å². The van der Waals surface area contributed by atoms with Crippen molar-refractivity contribution in [2.24, 2.45) is 5.92 Å². The van der Waals surface area contributed by atoms with Gasteiger partial charge in [0.2, 0.25) is 0 Å². The van der Waals surface area contributed by atoms with Crippen molar-refractivity contribution >= 4 is 39.5 Å². The fourth-order valence-electron chi connectivity index (χ4n) is 9.73. The molecule has 0 aromatic heterocycles.